The molecule has 12 heteroatoms. The first-order chi connectivity index (χ1) is 15.3. The van der Waals surface area contributed by atoms with Crippen molar-refractivity contribution in [3.63, 3.8) is 0 Å². The van der Waals surface area contributed by atoms with Crippen molar-refractivity contribution < 1.29 is 19.3 Å². The van der Waals surface area contributed by atoms with E-state index in [4.69, 9.17) is 11.1 Å². The molecule has 1 aliphatic rings. The molecule has 5 N–H and O–H groups in total. The highest BCUT2D eigenvalue weighted by Gasteiger charge is 2.36. The third-order valence-electron chi connectivity index (χ3n) is 4.60. The maximum atomic E-state index is 12.5. The first-order valence-electron chi connectivity index (χ1n) is 9.50. The molecule has 0 unspecified atom stereocenters. The number of urea groups is 1. The molecule has 32 heavy (non-hydrogen) atoms. The number of anilines is 2. The zero-order valence-electron chi connectivity index (χ0n) is 16.8. The van der Waals surface area contributed by atoms with Crippen molar-refractivity contribution >= 4 is 40.9 Å². The normalized spacial score (nSPS) is 13.2. The van der Waals surface area contributed by atoms with Gasteiger partial charge >= 0.3 is 6.03 Å². The van der Waals surface area contributed by atoms with Crippen LogP contribution in [-0.4, -0.2) is 53.3 Å². The number of nitrogens with zero attached hydrogens (tertiary/aromatic N) is 3. The molecule has 0 spiro atoms. The molecule has 1 radical (unpaired) electrons. The Balaban J connectivity index is 1.57. The number of para-hydroxylation sites is 1. The number of nitrogens with two attached hydrogens (primary N) is 1. The van der Waals surface area contributed by atoms with Gasteiger partial charge in [0.15, 0.2) is 5.96 Å². The SMILES string of the molecule is N=C(N)Nc1cc([N+](=O)[O-])ccc1CC(=O)NCCN1CC(=O)N(c2[c]cccc2)C1=O. The maximum Gasteiger partial charge on any atom is 0.331 e. The zero-order valence-corrected chi connectivity index (χ0v) is 16.8. The van der Waals surface area contributed by atoms with Gasteiger partial charge in [-0.2, -0.15) is 0 Å². The van der Waals surface area contributed by atoms with Gasteiger partial charge in [0.2, 0.25) is 5.91 Å². The summed E-state index contributed by atoms with van der Waals surface area (Å²) in [5.41, 5.74) is 6.04. The molecule has 165 valence electrons. The summed E-state index contributed by atoms with van der Waals surface area (Å²) in [6.45, 7) is 0.123. The molecule has 2 aromatic rings. The first kappa shape index (κ1) is 22.2. The summed E-state index contributed by atoms with van der Waals surface area (Å²) >= 11 is 0. The van der Waals surface area contributed by atoms with Gasteiger partial charge in [-0.3, -0.25) is 25.1 Å². The molecule has 0 saturated carbocycles. The summed E-state index contributed by atoms with van der Waals surface area (Å²) in [6.07, 6.45) is -0.133. The molecular weight excluding hydrogens is 418 g/mol. The Hall–Kier alpha value is -4.48. The van der Waals surface area contributed by atoms with Crippen molar-refractivity contribution in [1.82, 2.24) is 10.2 Å². The molecule has 1 aliphatic heterocycles. The van der Waals surface area contributed by atoms with Gasteiger partial charge in [-0.25, -0.2) is 9.69 Å². The Morgan fingerprint density at radius 3 is 2.72 bits per heavy atom. The lowest BCUT2D eigenvalue weighted by molar-refractivity contribution is -0.384. The van der Waals surface area contributed by atoms with Crippen LogP contribution in [0.15, 0.2) is 42.5 Å². The number of nitro groups is 1. The van der Waals surface area contributed by atoms with Crippen molar-refractivity contribution in [2.24, 2.45) is 5.73 Å². The summed E-state index contributed by atoms with van der Waals surface area (Å²) < 4.78 is 0. The summed E-state index contributed by atoms with van der Waals surface area (Å²) in [5.74, 6) is -1.21. The number of benzene rings is 2. The highest BCUT2D eigenvalue weighted by Crippen LogP contribution is 2.23. The van der Waals surface area contributed by atoms with Crippen molar-refractivity contribution in [3.8, 4) is 0 Å². The van der Waals surface area contributed by atoms with Crippen molar-refractivity contribution in [2.75, 3.05) is 29.9 Å². The second-order valence-corrected chi connectivity index (χ2v) is 6.85. The highest BCUT2D eigenvalue weighted by atomic mass is 16.6. The van der Waals surface area contributed by atoms with Crippen LogP contribution in [0.25, 0.3) is 0 Å². The lowest BCUT2D eigenvalue weighted by atomic mass is 10.1. The van der Waals surface area contributed by atoms with Crippen LogP contribution in [0.2, 0.25) is 0 Å². The van der Waals surface area contributed by atoms with Crippen LogP contribution < -0.4 is 21.3 Å². The van der Waals surface area contributed by atoms with E-state index < -0.39 is 22.8 Å². The predicted molar refractivity (Wildman–Crippen MR) is 115 cm³/mol. The smallest absolute Gasteiger partial charge is 0.331 e. The number of carbonyl (C=O) groups excluding carboxylic acids is 3. The monoisotopic (exact) mass is 438 g/mol. The number of nitrogens with one attached hydrogen (secondary N) is 3. The quantitative estimate of drug-likeness (QED) is 0.155. The Morgan fingerprint density at radius 2 is 2.06 bits per heavy atom. The summed E-state index contributed by atoms with van der Waals surface area (Å²) in [6, 6.07) is 12.8. The van der Waals surface area contributed by atoms with Crippen LogP contribution in [0.5, 0.6) is 0 Å². The van der Waals surface area contributed by atoms with Gasteiger partial charge in [0.1, 0.15) is 6.54 Å². The average Bonchev–Trinajstić information content (AvgIpc) is 3.02. The van der Waals surface area contributed by atoms with Crippen LogP contribution >= 0.6 is 0 Å². The molecule has 1 fully saturated rings. The van der Waals surface area contributed by atoms with Gasteiger partial charge in [-0.15, -0.1) is 0 Å². The molecule has 0 bridgehead atoms. The minimum atomic E-state index is -0.597. The highest BCUT2D eigenvalue weighted by molar-refractivity contribution is 6.19. The maximum absolute atomic E-state index is 12.5. The molecule has 1 saturated heterocycles. The fourth-order valence-corrected chi connectivity index (χ4v) is 3.14. The van der Waals surface area contributed by atoms with Gasteiger partial charge in [-0.05, 0) is 17.7 Å². The molecule has 4 amide bonds. The number of non-ortho nitro benzene ring substituents is 1. The van der Waals surface area contributed by atoms with Crippen LogP contribution in [0.3, 0.4) is 0 Å². The zero-order chi connectivity index (χ0) is 23.3. The number of rotatable bonds is 8. The van der Waals surface area contributed by atoms with Gasteiger partial charge in [0.25, 0.3) is 11.6 Å². The van der Waals surface area contributed by atoms with Gasteiger partial charge in [0.05, 0.1) is 22.7 Å². The number of imide groups is 1. The average molecular weight is 438 g/mol. The van der Waals surface area contributed by atoms with E-state index in [1.54, 1.807) is 24.3 Å². The molecular formula is C20H20N7O5. The van der Waals surface area contributed by atoms with Gasteiger partial charge in [0, 0.05) is 31.3 Å². The van der Waals surface area contributed by atoms with E-state index in [0.717, 1.165) is 4.90 Å². The summed E-state index contributed by atoms with van der Waals surface area (Å²) in [5, 5.41) is 23.4. The molecule has 1 heterocycles. The van der Waals surface area contributed by atoms with Gasteiger partial charge in [-0.1, -0.05) is 18.2 Å². The molecule has 2 aromatic carbocycles. The molecule has 0 aliphatic carbocycles. The molecule has 3 rings (SSSR count). The summed E-state index contributed by atoms with van der Waals surface area (Å²) in [7, 11) is 0. The fourth-order valence-electron chi connectivity index (χ4n) is 3.14. The topological polar surface area (TPSA) is 175 Å². The van der Waals surface area contributed by atoms with E-state index in [9.17, 15) is 24.5 Å². The van der Waals surface area contributed by atoms with E-state index in [1.165, 1.54) is 23.1 Å². The Bertz CT molecular complexity index is 1070. The number of carbonyl (C=O) groups is 3. The van der Waals surface area contributed by atoms with E-state index in [1.807, 2.05) is 0 Å². The second-order valence-electron chi connectivity index (χ2n) is 6.85. The standard InChI is InChI=1S/C20H20N7O5/c21-19(22)24-16-11-15(27(31)32)7-6-13(16)10-17(28)23-8-9-25-12-18(29)26(20(25)30)14-4-2-1-3-5-14/h1-4,6-7,11H,8-10,12H2,(H,23,28)(H4,21,22,24). The third kappa shape index (κ3) is 5.16. The minimum Gasteiger partial charge on any atom is -0.370 e. The molecule has 0 atom stereocenters. The molecule has 0 aromatic heterocycles. The third-order valence-corrected chi connectivity index (χ3v) is 4.60. The van der Waals surface area contributed by atoms with E-state index >= 15 is 0 Å². The Labute approximate surface area is 182 Å². The van der Waals surface area contributed by atoms with E-state index in [2.05, 4.69) is 16.7 Å². The second kappa shape index (κ2) is 9.55. The van der Waals surface area contributed by atoms with Crippen molar-refractivity contribution in [3.05, 3.63) is 64.2 Å². The minimum absolute atomic E-state index is 0.104. The largest absolute Gasteiger partial charge is 0.370 e. The number of amides is 4. The van der Waals surface area contributed by atoms with E-state index in [0.29, 0.717) is 11.3 Å². The van der Waals surface area contributed by atoms with Crippen molar-refractivity contribution in [1.29, 1.82) is 5.41 Å². The Morgan fingerprint density at radius 1 is 1.28 bits per heavy atom. The fraction of sp³-hybridized carbons (Fsp3) is 0.200. The number of hydrogen-bond donors (Lipinski definition) is 4. The first-order valence-corrected chi connectivity index (χ1v) is 9.50. The number of hydrogen-bond acceptors (Lipinski definition) is 6. The number of nitro benzene ring substituents is 1. The van der Waals surface area contributed by atoms with Crippen LogP contribution in [-0.2, 0) is 16.0 Å². The van der Waals surface area contributed by atoms with E-state index in [-0.39, 0.29) is 43.3 Å². The molecule has 12 nitrogen and oxygen atoms in total. The van der Waals surface area contributed by atoms with Crippen LogP contribution in [0, 0.1) is 21.6 Å². The van der Waals surface area contributed by atoms with Crippen molar-refractivity contribution in [2.45, 2.75) is 6.42 Å². The Kier molecular flexibility index (Phi) is 6.63. The number of guanidine groups is 1. The summed E-state index contributed by atoms with van der Waals surface area (Å²) in [4.78, 5) is 49.8. The van der Waals surface area contributed by atoms with Gasteiger partial charge < -0.3 is 21.3 Å². The van der Waals surface area contributed by atoms with Crippen LogP contribution in [0.4, 0.5) is 21.9 Å². The lowest BCUT2D eigenvalue weighted by Gasteiger charge is -2.17. The lowest BCUT2D eigenvalue weighted by Crippen LogP contribution is -2.38. The predicted octanol–water partition coefficient (Wildman–Crippen LogP) is 0.828. The van der Waals surface area contributed by atoms with Crippen LogP contribution in [0.1, 0.15) is 5.56 Å².